The minimum absolute atomic E-state index is 0.207. The van der Waals surface area contributed by atoms with Crippen LogP contribution in [0.2, 0.25) is 0 Å². The zero-order chi connectivity index (χ0) is 5.49. The molecular weight excluding hydrogens is 132 g/mol. The molecular formula is C4H5ClOS. The molecule has 0 aromatic carbocycles. The van der Waals surface area contributed by atoms with Crippen LogP contribution in [-0.4, -0.2) is 15.7 Å². The summed E-state index contributed by atoms with van der Waals surface area (Å²) in [7, 11) is 0. The van der Waals surface area contributed by atoms with Crippen molar-refractivity contribution in [2.24, 2.45) is 0 Å². The zero-order valence-electron chi connectivity index (χ0n) is 3.90. The molecule has 0 aliphatic carbocycles. The first-order chi connectivity index (χ1) is 3.15. The number of carbonyl (C=O) groups excluding carboxylic acids is 1. The number of halogens is 1. The van der Waals surface area contributed by atoms with Crippen LogP contribution in [-0.2, 0) is 4.79 Å². The van der Waals surface area contributed by atoms with Gasteiger partial charge < -0.3 is 0 Å². The molecule has 0 aromatic rings. The standard InChI is InChI=1S/C4H5ClOS/c1-4(2-7-4)3(5)6/h2H2,1H3. The third kappa shape index (κ3) is 0.916. The maximum Gasteiger partial charge on any atom is 0.238 e. The van der Waals surface area contributed by atoms with Crippen molar-refractivity contribution in [2.75, 3.05) is 5.75 Å². The lowest BCUT2D eigenvalue weighted by Crippen LogP contribution is -2.10. The zero-order valence-corrected chi connectivity index (χ0v) is 5.47. The van der Waals surface area contributed by atoms with Crippen molar-refractivity contribution in [1.29, 1.82) is 0 Å². The van der Waals surface area contributed by atoms with E-state index in [4.69, 9.17) is 11.6 Å². The molecule has 1 atom stereocenters. The van der Waals surface area contributed by atoms with E-state index in [9.17, 15) is 4.79 Å². The lowest BCUT2D eigenvalue weighted by Gasteiger charge is -1.91. The first-order valence-corrected chi connectivity index (χ1v) is 3.35. The molecule has 0 amide bonds. The quantitative estimate of drug-likeness (QED) is 0.399. The summed E-state index contributed by atoms with van der Waals surface area (Å²) in [5.74, 6) is 0.898. The van der Waals surface area contributed by atoms with Crippen LogP contribution in [0.5, 0.6) is 0 Å². The summed E-state index contributed by atoms with van der Waals surface area (Å²) >= 11 is 6.75. The topological polar surface area (TPSA) is 17.1 Å². The van der Waals surface area contributed by atoms with Crippen molar-refractivity contribution in [3.05, 3.63) is 0 Å². The fourth-order valence-electron chi connectivity index (χ4n) is 0.222. The van der Waals surface area contributed by atoms with E-state index in [2.05, 4.69) is 0 Å². The molecule has 1 fully saturated rings. The highest BCUT2D eigenvalue weighted by molar-refractivity contribution is 8.09. The summed E-state index contributed by atoms with van der Waals surface area (Å²) in [6.07, 6.45) is 0. The fraction of sp³-hybridized carbons (Fsp3) is 0.750. The van der Waals surface area contributed by atoms with Crippen LogP contribution >= 0.6 is 23.4 Å². The molecule has 7 heavy (non-hydrogen) atoms. The van der Waals surface area contributed by atoms with Gasteiger partial charge in [0.2, 0.25) is 5.24 Å². The molecule has 1 aliphatic rings. The van der Waals surface area contributed by atoms with Crippen molar-refractivity contribution in [3.8, 4) is 0 Å². The molecule has 0 aromatic heterocycles. The summed E-state index contributed by atoms with van der Waals surface area (Å²) < 4.78 is -0.207. The Morgan fingerprint density at radius 3 is 2.43 bits per heavy atom. The van der Waals surface area contributed by atoms with Gasteiger partial charge in [-0.2, -0.15) is 0 Å². The second-order valence-corrected chi connectivity index (χ2v) is 3.61. The van der Waals surface area contributed by atoms with Crippen LogP contribution in [0, 0.1) is 0 Å². The maximum absolute atomic E-state index is 10.3. The van der Waals surface area contributed by atoms with E-state index in [0.29, 0.717) is 0 Å². The third-order valence-corrected chi connectivity index (χ3v) is 2.86. The van der Waals surface area contributed by atoms with Gasteiger partial charge in [0.15, 0.2) is 0 Å². The number of hydrogen-bond acceptors (Lipinski definition) is 2. The molecule has 40 valence electrons. The Balaban J connectivity index is 2.55. The first-order valence-electron chi connectivity index (χ1n) is 1.99. The fourth-order valence-corrected chi connectivity index (χ4v) is 0.993. The lowest BCUT2D eigenvalue weighted by molar-refractivity contribution is -0.112. The second kappa shape index (κ2) is 1.39. The van der Waals surface area contributed by atoms with Gasteiger partial charge in [-0.15, -0.1) is 11.8 Å². The van der Waals surface area contributed by atoms with Crippen molar-refractivity contribution in [3.63, 3.8) is 0 Å². The average Bonchev–Trinajstić information content (AvgIpc) is 2.21. The van der Waals surface area contributed by atoms with Crippen LogP contribution in [0.1, 0.15) is 6.92 Å². The summed E-state index contributed by atoms with van der Waals surface area (Å²) in [5, 5.41) is -0.211. The number of rotatable bonds is 1. The van der Waals surface area contributed by atoms with Gasteiger partial charge >= 0.3 is 0 Å². The minimum Gasteiger partial charge on any atom is -0.280 e. The van der Waals surface area contributed by atoms with E-state index in [1.807, 2.05) is 6.92 Å². The molecule has 0 radical (unpaired) electrons. The summed E-state index contributed by atoms with van der Waals surface area (Å²) in [6.45, 7) is 1.85. The highest BCUT2D eigenvalue weighted by atomic mass is 35.5. The number of thioether (sulfide) groups is 1. The SMILES string of the molecule is CC1(C(=O)Cl)CS1. The molecule has 1 saturated heterocycles. The van der Waals surface area contributed by atoms with Gasteiger partial charge in [0.1, 0.15) is 0 Å². The molecule has 0 saturated carbocycles. The predicted octanol–water partition coefficient (Wildman–Crippen LogP) is 1.26. The Labute approximate surface area is 51.4 Å². The Kier molecular flexibility index (Phi) is 1.08. The Morgan fingerprint density at radius 2 is 2.43 bits per heavy atom. The van der Waals surface area contributed by atoms with E-state index in [-0.39, 0.29) is 9.99 Å². The largest absolute Gasteiger partial charge is 0.280 e. The van der Waals surface area contributed by atoms with Gasteiger partial charge in [0.25, 0.3) is 0 Å². The summed E-state index contributed by atoms with van der Waals surface area (Å²) in [6, 6.07) is 0. The van der Waals surface area contributed by atoms with E-state index < -0.39 is 0 Å². The Hall–Kier alpha value is 0.310. The van der Waals surface area contributed by atoms with E-state index in [1.54, 1.807) is 11.8 Å². The second-order valence-electron chi connectivity index (χ2n) is 1.79. The van der Waals surface area contributed by atoms with E-state index in [0.717, 1.165) is 5.75 Å². The molecule has 1 rings (SSSR count). The average molecular weight is 137 g/mol. The van der Waals surface area contributed by atoms with Gasteiger partial charge in [0, 0.05) is 5.75 Å². The molecule has 1 nitrogen and oxygen atoms in total. The minimum atomic E-state index is -0.211. The van der Waals surface area contributed by atoms with E-state index in [1.165, 1.54) is 0 Å². The molecule has 1 unspecified atom stereocenters. The summed E-state index contributed by atoms with van der Waals surface area (Å²) in [4.78, 5) is 10.3. The van der Waals surface area contributed by atoms with Crippen molar-refractivity contribution >= 4 is 28.6 Å². The van der Waals surface area contributed by atoms with Crippen LogP contribution in [0.4, 0.5) is 0 Å². The molecule has 3 heteroatoms. The van der Waals surface area contributed by atoms with Crippen LogP contribution in [0.3, 0.4) is 0 Å². The molecule has 1 aliphatic heterocycles. The third-order valence-electron chi connectivity index (χ3n) is 0.993. The van der Waals surface area contributed by atoms with Gasteiger partial charge in [-0.05, 0) is 18.5 Å². The molecule has 0 N–H and O–H groups in total. The Morgan fingerprint density at radius 1 is 2.00 bits per heavy atom. The monoisotopic (exact) mass is 136 g/mol. The highest BCUT2D eigenvalue weighted by Crippen LogP contribution is 2.45. The van der Waals surface area contributed by atoms with Gasteiger partial charge in [-0.3, -0.25) is 4.79 Å². The van der Waals surface area contributed by atoms with Crippen molar-refractivity contribution in [1.82, 2.24) is 0 Å². The van der Waals surface area contributed by atoms with Crippen LogP contribution in [0.15, 0.2) is 0 Å². The smallest absolute Gasteiger partial charge is 0.238 e. The molecule has 0 spiro atoms. The first kappa shape index (κ1) is 5.45. The van der Waals surface area contributed by atoms with Gasteiger partial charge in [0.05, 0.1) is 4.75 Å². The van der Waals surface area contributed by atoms with Crippen LogP contribution < -0.4 is 0 Å². The Bertz CT molecular complexity index is 108. The maximum atomic E-state index is 10.3. The van der Waals surface area contributed by atoms with Gasteiger partial charge in [-0.1, -0.05) is 0 Å². The summed E-state index contributed by atoms with van der Waals surface area (Å²) in [5.41, 5.74) is 0. The van der Waals surface area contributed by atoms with Crippen molar-refractivity contribution in [2.45, 2.75) is 11.7 Å². The number of carbonyl (C=O) groups is 1. The van der Waals surface area contributed by atoms with Crippen LogP contribution in [0.25, 0.3) is 0 Å². The van der Waals surface area contributed by atoms with Gasteiger partial charge in [-0.25, -0.2) is 0 Å². The van der Waals surface area contributed by atoms with Crippen molar-refractivity contribution < 1.29 is 4.79 Å². The highest BCUT2D eigenvalue weighted by Gasteiger charge is 2.45. The normalized spacial score (nSPS) is 38.0. The molecule has 1 heterocycles. The lowest BCUT2D eigenvalue weighted by atomic mass is 10.3. The molecule has 0 bridgehead atoms. The van der Waals surface area contributed by atoms with E-state index >= 15 is 0 Å². The predicted molar refractivity (Wildman–Crippen MR) is 31.7 cm³/mol. The number of hydrogen-bond donors (Lipinski definition) is 0.